The summed E-state index contributed by atoms with van der Waals surface area (Å²) >= 11 is 0. The molecule has 1 heterocycles. The molecule has 0 fully saturated rings. The second-order valence-corrected chi connectivity index (χ2v) is 3.51. The Morgan fingerprint density at radius 2 is 2.33 bits per heavy atom. The average molecular weight is 250 g/mol. The van der Waals surface area contributed by atoms with Gasteiger partial charge in [0.2, 0.25) is 0 Å². The zero-order valence-electron chi connectivity index (χ0n) is 9.61. The van der Waals surface area contributed by atoms with Crippen LogP contribution in [0.25, 0.3) is 11.3 Å². The Kier molecular flexibility index (Phi) is 3.27. The predicted octanol–water partition coefficient (Wildman–Crippen LogP) is 2.31. The number of aromatic carboxylic acids is 1. The van der Waals surface area contributed by atoms with E-state index in [-0.39, 0.29) is 17.1 Å². The van der Waals surface area contributed by atoms with Gasteiger partial charge in [0.1, 0.15) is 5.69 Å². The topological polar surface area (TPSA) is 75.2 Å². The van der Waals surface area contributed by atoms with Crippen molar-refractivity contribution in [3.8, 4) is 17.0 Å². The number of carboxylic acid groups (broad SMARTS) is 1. The minimum absolute atomic E-state index is 0.0708. The SMILES string of the molecule is CCOc1ccc(-c2nc[nH]c2C(=O)O)cc1F. The number of aromatic nitrogens is 2. The summed E-state index contributed by atoms with van der Waals surface area (Å²) in [6, 6.07) is 4.22. The summed E-state index contributed by atoms with van der Waals surface area (Å²) in [7, 11) is 0. The lowest BCUT2D eigenvalue weighted by Gasteiger charge is -2.06. The molecule has 0 unspecified atom stereocenters. The largest absolute Gasteiger partial charge is 0.491 e. The van der Waals surface area contributed by atoms with E-state index >= 15 is 0 Å². The van der Waals surface area contributed by atoms with Gasteiger partial charge in [0, 0.05) is 5.56 Å². The van der Waals surface area contributed by atoms with E-state index in [1.807, 2.05) is 0 Å². The first-order valence-corrected chi connectivity index (χ1v) is 5.33. The smallest absolute Gasteiger partial charge is 0.354 e. The van der Waals surface area contributed by atoms with E-state index in [2.05, 4.69) is 9.97 Å². The first kappa shape index (κ1) is 12.1. The zero-order valence-corrected chi connectivity index (χ0v) is 9.61. The number of rotatable bonds is 4. The fourth-order valence-corrected chi connectivity index (χ4v) is 1.60. The van der Waals surface area contributed by atoms with E-state index in [9.17, 15) is 9.18 Å². The van der Waals surface area contributed by atoms with Crippen LogP contribution < -0.4 is 4.74 Å². The minimum Gasteiger partial charge on any atom is -0.491 e. The van der Waals surface area contributed by atoms with Crippen molar-refractivity contribution in [2.24, 2.45) is 0 Å². The third kappa shape index (κ3) is 2.17. The van der Waals surface area contributed by atoms with Crippen molar-refractivity contribution in [2.75, 3.05) is 6.61 Å². The lowest BCUT2D eigenvalue weighted by atomic mass is 10.1. The fraction of sp³-hybridized carbons (Fsp3) is 0.167. The van der Waals surface area contributed by atoms with Gasteiger partial charge in [-0.1, -0.05) is 0 Å². The molecule has 1 aromatic heterocycles. The van der Waals surface area contributed by atoms with Crippen LogP contribution in [0.5, 0.6) is 5.75 Å². The number of hydrogen-bond acceptors (Lipinski definition) is 3. The summed E-state index contributed by atoms with van der Waals surface area (Å²) in [6.07, 6.45) is 1.26. The lowest BCUT2D eigenvalue weighted by molar-refractivity contribution is 0.0692. The molecular weight excluding hydrogens is 239 g/mol. The third-order valence-corrected chi connectivity index (χ3v) is 2.36. The summed E-state index contributed by atoms with van der Waals surface area (Å²) in [5.41, 5.74) is 0.512. The van der Waals surface area contributed by atoms with Crippen LogP contribution in [0.4, 0.5) is 4.39 Å². The lowest BCUT2D eigenvalue weighted by Crippen LogP contribution is -2.00. The van der Waals surface area contributed by atoms with Gasteiger partial charge in [-0.25, -0.2) is 14.2 Å². The van der Waals surface area contributed by atoms with Crippen molar-refractivity contribution in [2.45, 2.75) is 6.92 Å². The van der Waals surface area contributed by atoms with E-state index in [0.29, 0.717) is 12.2 Å². The molecule has 0 aliphatic rings. The first-order chi connectivity index (χ1) is 8.63. The minimum atomic E-state index is -1.14. The summed E-state index contributed by atoms with van der Waals surface area (Å²) in [6.45, 7) is 2.11. The number of nitrogens with zero attached hydrogens (tertiary/aromatic N) is 1. The molecule has 0 aliphatic carbocycles. The Morgan fingerprint density at radius 1 is 1.56 bits per heavy atom. The van der Waals surface area contributed by atoms with Gasteiger partial charge in [-0.2, -0.15) is 0 Å². The number of hydrogen-bond donors (Lipinski definition) is 2. The summed E-state index contributed by atoms with van der Waals surface area (Å²) in [5, 5.41) is 8.93. The van der Waals surface area contributed by atoms with Crippen molar-refractivity contribution >= 4 is 5.97 Å². The maximum atomic E-state index is 13.7. The fourth-order valence-electron chi connectivity index (χ4n) is 1.60. The zero-order chi connectivity index (χ0) is 13.1. The molecule has 0 saturated carbocycles. The number of aromatic amines is 1. The van der Waals surface area contributed by atoms with E-state index in [1.54, 1.807) is 13.0 Å². The summed E-state index contributed by atoms with van der Waals surface area (Å²) < 4.78 is 18.7. The van der Waals surface area contributed by atoms with Gasteiger partial charge in [0.15, 0.2) is 17.3 Å². The van der Waals surface area contributed by atoms with Crippen LogP contribution in [0.1, 0.15) is 17.4 Å². The number of halogens is 1. The molecular formula is C12H11FN2O3. The second kappa shape index (κ2) is 4.87. The highest BCUT2D eigenvalue weighted by atomic mass is 19.1. The second-order valence-electron chi connectivity index (χ2n) is 3.51. The van der Waals surface area contributed by atoms with Crippen LogP contribution in [0.15, 0.2) is 24.5 Å². The molecule has 0 aliphatic heterocycles. The molecule has 2 aromatic rings. The molecule has 0 amide bonds. The van der Waals surface area contributed by atoms with Gasteiger partial charge < -0.3 is 14.8 Å². The van der Waals surface area contributed by atoms with Crippen LogP contribution in [0.3, 0.4) is 0 Å². The maximum absolute atomic E-state index is 13.7. The van der Waals surface area contributed by atoms with Crippen molar-refractivity contribution in [1.82, 2.24) is 9.97 Å². The quantitative estimate of drug-likeness (QED) is 0.873. The predicted molar refractivity (Wildman–Crippen MR) is 62.1 cm³/mol. The molecule has 5 nitrogen and oxygen atoms in total. The van der Waals surface area contributed by atoms with Crippen molar-refractivity contribution in [3.05, 3.63) is 36.0 Å². The molecule has 2 rings (SSSR count). The van der Waals surface area contributed by atoms with Crippen LogP contribution in [0.2, 0.25) is 0 Å². The molecule has 2 N–H and O–H groups in total. The molecule has 0 radical (unpaired) electrons. The Bertz CT molecular complexity index is 580. The Labute approximate surface area is 102 Å². The van der Waals surface area contributed by atoms with Crippen LogP contribution in [0, 0.1) is 5.82 Å². The van der Waals surface area contributed by atoms with Crippen LogP contribution in [-0.4, -0.2) is 27.7 Å². The molecule has 18 heavy (non-hydrogen) atoms. The van der Waals surface area contributed by atoms with Gasteiger partial charge in [0.05, 0.1) is 12.9 Å². The molecule has 0 spiro atoms. The molecule has 0 bridgehead atoms. The van der Waals surface area contributed by atoms with Crippen LogP contribution in [-0.2, 0) is 0 Å². The highest BCUT2D eigenvalue weighted by molar-refractivity contribution is 5.92. The van der Waals surface area contributed by atoms with Crippen molar-refractivity contribution in [3.63, 3.8) is 0 Å². The first-order valence-electron chi connectivity index (χ1n) is 5.33. The number of benzene rings is 1. The van der Waals surface area contributed by atoms with Crippen molar-refractivity contribution in [1.29, 1.82) is 0 Å². The number of carboxylic acids is 1. The Balaban J connectivity index is 2.42. The van der Waals surface area contributed by atoms with Crippen molar-refractivity contribution < 1.29 is 19.0 Å². The van der Waals surface area contributed by atoms with Gasteiger partial charge in [0.25, 0.3) is 0 Å². The van der Waals surface area contributed by atoms with Crippen LogP contribution >= 0.6 is 0 Å². The summed E-state index contributed by atoms with van der Waals surface area (Å²) in [4.78, 5) is 17.3. The maximum Gasteiger partial charge on any atom is 0.354 e. The number of ether oxygens (including phenoxy) is 1. The molecule has 0 saturated heterocycles. The van der Waals surface area contributed by atoms with Gasteiger partial charge in [-0.3, -0.25) is 0 Å². The van der Waals surface area contributed by atoms with E-state index in [0.717, 1.165) is 0 Å². The standard InChI is InChI=1S/C12H11FN2O3/c1-2-18-9-4-3-7(5-8(9)13)10-11(12(16)17)15-6-14-10/h3-6H,2H2,1H3,(H,14,15)(H,16,17). The van der Waals surface area contributed by atoms with Gasteiger partial charge >= 0.3 is 5.97 Å². The Hall–Kier alpha value is -2.37. The molecule has 94 valence electrons. The molecule has 0 atom stereocenters. The highest BCUT2D eigenvalue weighted by Crippen LogP contribution is 2.26. The number of H-pyrrole nitrogens is 1. The van der Waals surface area contributed by atoms with E-state index in [4.69, 9.17) is 9.84 Å². The number of carbonyl (C=O) groups is 1. The number of imidazole rings is 1. The third-order valence-electron chi connectivity index (χ3n) is 2.36. The van der Waals surface area contributed by atoms with Gasteiger partial charge in [-0.15, -0.1) is 0 Å². The Morgan fingerprint density at radius 3 is 2.94 bits per heavy atom. The van der Waals surface area contributed by atoms with E-state index in [1.165, 1.54) is 18.5 Å². The average Bonchev–Trinajstić information content (AvgIpc) is 2.81. The molecule has 1 aromatic carbocycles. The number of nitrogens with one attached hydrogen (secondary N) is 1. The van der Waals surface area contributed by atoms with Gasteiger partial charge in [-0.05, 0) is 25.1 Å². The normalized spacial score (nSPS) is 10.3. The molecule has 6 heteroatoms. The van der Waals surface area contributed by atoms with E-state index < -0.39 is 11.8 Å². The highest BCUT2D eigenvalue weighted by Gasteiger charge is 2.16. The monoisotopic (exact) mass is 250 g/mol. The summed E-state index contributed by atoms with van der Waals surface area (Å²) in [5.74, 6) is -1.56.